The van der Waals surface area contributed by atoms with Crippen molar-refractivity contribution in [2.75, 3.05) is 7.11 Å². The van der Waals surface area contributed by atoms with E-state index in [2.05, 4.69) is 37.6 Å². The predicted octanol–water partition coefficient (Wildman–Crippen LogP) is 9.08. The van der Waals surface area contributed by atoms with Crippen molar-refractivity contribution in [3.63, 3.8) is 0 Å². The van der Waals surface area contributed by atoms with Crippen molar-refractivity contribution in [2.45, 2.75) is 60.0 Å². The molecule has 0 radical (unpaired) electrons. The standard InChI is InChI=1S/C25H34F4O2.C3H6/c1-14(10-11-15(2)20(7)24(28)25(29)21(8)31-9)18(5)22(26)23(27)19(6)16(3)12-13-17(4)30;1-3-2/h10,15-17,30H,5-8,11-13H2,1-4,9H3;3H,1H2,2H3/b14-10+,23-22-,25-24-;. The molecule has 1 N–H and O–H groups in total. The fourth-order valence-electron chi connectivity index (χ4n) is 2.52. The number of methoxy groups -OCH3 is 1. The number of hydrogen-bond donors (Lipinski definition) is 1. The second-order valence-corrected chi connectivity index (χ2v) is 8.17. The van der Waals surface area contributed by atoms with Crippen molar-refractivity contribution in [3.05, 3.63) is 96.4 Å². The first-order valence-corrected chi connectivity index (χ1v) is 11.0. The molecule has 192 valence electrons. The number of aliphatic hydroxyl groups excluding tert-OH is 1. The minimum absolute atomic E-state index is 0.00472. The Balaban J connectivity index is 0. The van der Waals surface area contributed by atoms with Crippen LogP contribution in [0.15, 0.2) is 96.4 Å². The Labute approximate surface area is 203 Å². The molecular formula is C28H40F4O2. The molecule has 0 amide bonds. The highest BCUT2D eigenvalue weighted by Gasteiger charge is 2.20. The summed E-state index contributed by atoms with van der Waals surface area (Å²) in [6, 6.07) is 0. The molecule has 34 heavy (non-hydrogen) atoms. The van der Waals surface area contributed by atoms with Gasteiger partial charge in [-0.2, -0.15) is 4.39 Å². The van der Waals surface area contributed by atoms with E-state index in [1.165, 1.54) is 7.11 Å². The van der Waals surface area contributed by atoms with Crippen molar-refractivity contribution >= 4 is 0 Å². The third-order valence-electron chi connectivity index (χ3n) is 5.17. The van der Waals surface area contributed by atoms with Crippen molar-refractivity contribution in [2.24, 2.45) is 11.8 Å². The van der Waals surface area contributed by atoms with Crippen LogP contribution in [0, 0.1) is 11.8 Å². The fraction of sp³-hybridized carbons (Fsp3) is 0.429. The summed E-state index contributed by atoms with van der Waals surface area (Å²) in [5, 5.41) is 9.34. The van der Waals surface area contributed by atoms with E-state index >= 15 is 0 Å². The van der Waals surface area contributed by atoms with Crippen LogP contribution in [0.25, 0.3) is 0 Å². The maximum Gasteiger partial charge on any atom is 0.200 e. The third-order valence-corrected chi connectivity index (χ3v) is 5.17. The molecule has 0 aliphatic rings. The highest BCUT2D eigenvalue weighted by atomic mass is 19.2. The SMILES string of the molecule is C=C(OC)/C(F)=C(/F)C(=C)C(C)C/C=C(\C)C(=C)/C(F)=C(/F)C(=C)C(C)CCC(C)O.C=CC. The number of ether oxygens (including phenoxy) is 1. The molecule has 0 aromatic carbocycles. The van der Waals surface area contributed by atoms with Crippen molar-refractivity contribution in [3.8, 4) is 0 Å². The zero-order chi connectivity index (χ0) is 27.2. The molecule has 0 aliphatic heterocycles. The quantitative estimate of drug-likeness (QED) is 0.122. The minimum atomic E-state index is -1.23. The van der Waals surface area contributed by atoms with E-state index in [9.17, 15) is 22.7 Å². The predicted molar refractivity (Wildman–Crippen MR) is 136 cm³/mol. The smallest absolute Gasteiger partial charge is 0.200 e. The summed E-state index contributed by atoms with van der Waals surface area (Å²) < 4.78 is 61.7. The Bertz CT molecular complexity index is 844. The zero-order valence-corrected chi connectivity index (χ0v) is 21.4. The first-order chi connectivity index (χ1) is 15.7. The topological polar surface area (TPSA) is 29.5 Å². The van der Waals surface area contributed by atoms with Gasteiger partial charge in [0, 0.05) is 5.57 Å². The summed E-state index contributed by atoms with van der Waals surface area (Å²) in [4.78, 5) is 0. The lowest BCUT2D eigenvalue weighted by atomic mass is 9.92. The van der Waals surface area contributed by atoms with Crippen LogP contribution in [0.4, 0.5) is 17.6 Å². The Morgan fingerprint density at radius 1 is 0.853 bits per heavy atom. The summed E-state index contributed by atoms with van der Waals surface area (Å²) in [6.45, 7) is 25.8. The molecular weight excluding hydrogens is 444 g/mol. The van der Waals surface area contributed by atoms with Crippen LogP contribution in [0.1, 0.15) is 53.9 Å². The van der Waals surface area contributed by atoms with Gasteiger partial charge in [-0.15, -0.1) is 6.58 Å². The lowest BCUT2D eigenvalue weighted by Crippen LogP contribution is -2.06. The minimum Gasteiger partial charge on any atom is -0.494 e. The monoisotopic (exact) mass is 484 g/mol. The average molecular weight is 485 g/mol. The first-order valence-electron chi connectivity index (χ1n) is 11.0. The van der Waals surface area contributed by atoms with Gasteiger partial charge in [-0.05, 0) is 68.6 Å². The van der Waals surface area contributed by atoms with Crippen LogP contribution in [0.2, 0.25) is 0 Å². The van der Waals surface area contributed by atoms with Crippen LogP contribution in [-0.2, 0) is 4.74 Å². The lowest BCUT2D eigenvalue weighted by molar-refractivity contribution is 0.177. The zero-order valence-electron chi connectivity index (χ0n) is 21.4. The molecule has 0 heterocycles. The highest BCUT2D eigenvalue weighted by molar-refractivity contribution is 5.45. The largest absolute Gasteiger partial charge is 0.494 e. The number of allylic oxidation sites excluding steroid dienone is 10. The molecule has 0 fully saturated rings. The Morgan fingerprint density at radius 2 is 1.29 bits per heavy atom. The van der Waals surface area contributed by atoms with E-state index in [1.807, 2.05) is 6.92 Å². The first kappa shape index (κ1) is 33.6. The summed E-state index contributed by atoms with van der Waals surface area (Å²) in [6.07, 6.45) is 3.87. The number of halogens is 4. The normalized spacial score (nSPS) is 15.4. The lowest BCUT2D eigenvalue weighted by Gasteiger charge is -2.16. The van der Waals surface area contributed by atoms with Gasteiger partial charge in [-0.3, -0.25) is 0 Å². The summed E-state index contributed by atoms with van der Waals surface area (Å²) in [5.74, 6) is -5.92. The molecule has 0 aromatic rings. The Kier molecular flexibility index (Phi) is 16.7. The van der Waals surface area contributed by atoms with Gasteiger partial charge in [-0.25, -0.2) is 13.2 Å². The van der Waals surface area contributed by atoms with Gasteiger partial charge in [0.15, 0.2) is 23.3 Å². The van der Waals surface area contributed by atoms with E-state index in [0.29, 0.717) is 18.4 Å². The number of aliphatic hydroxyl groups is 1. The molecule has 0 saturated carbocycles. The molecule has 0 aliphatic carbocycles. The van der Waals surface area contributed by atoms with Crippen LogP contribution < -0.4 is 0 Å². The second kappa shape index (κ2) is 16.9. The van der Waals surface area contributed by atoms with E-state index in [0.717, 1.165) is 0 Å². The van der Waals surface area contributed by atoms with Gasteiger partial charge in [0.1, 0.15) is 5.76 Å². The molecule has 3 unspecified atom stereocenters. The van der Waals surface area contributed by atoms with Gasteiger partial charge in [0.25, 0.3) is 0 Å². The fourth-order valence-corrected chi connectivity index (χ4v) is 2.52. The molecule has 0 aromatic heterocycles. The molecule has 6 heteroatoms. The molecule has 0 saturated heterocycles. The van der Waals surface area contributed by atoms with Gasteiger partial charge >= 0.3 is 0 Å². The van der Waals surface area contributed by atoms with Crippen LogP contribution in [0.5, 0.6) is 0 Å². The second-order valence-electron chi connectivity index (χ2n) is 8.17. The summed E-state index contributed by atoms with van der Waals surface area (Å²) in [7, 11) is 1.17. The van der Waals surface area contributed by atoms with E-state index < -0.39 is 41.1 Å². The summed E-state index contributed by atoms with van der Waals surface area (Å²) in [5.41, 5.74) is 0.0832. The molecule has 0 rings (SSSR count). The van der Waals surface area contributed by atoms with Crippen LogP contribution in [-0.4, -0.2) is 18.3 Å². The van der Waals surface area contributed by atoms with E-state index in [4.69, 9.17) is 0 Å². The Hall–Kier alpha value is -2.60. The van der Waals surface area contributed by atoms with Crippen molar-refractivity contribution in [1.82, 2.24) is 0 Å². The van der Waals surface area contributed by atoms with Gasteiger partial charge < -0.3 is 9.84 Å². The van der Waals surface area contributed by atoms with E-state index in [1.54, 1.807) is 39.8 Å². The number of hydrogen-bond acceptors (Lipinski definition) is 2. The molecule has 2 nitrogen and oxygen atoms in total. The average Bonchev–Trinajstić information content (AvgIpc) is 2.81. The van der Waals surface area contributed by atoms with Crippen LogP contribution >= 0.6 is 0 Å². The highest BCUT2D eigenvalue weighted by Crippen LogP contribution is 2.33. The molecule has 0 bridgehead atoms. The maximum atomic E-state index is 14.6. The van der Waals surface area contributed by atoms with Gasteiger partial charge in [0.05, 0.1) is 13.2 Å². The number of rotatable bonds is 13. The Morgan fingerprint density at radius 3 is 1.74 bits per heavy atom. The molecule has 0 spiro atoms. The van der Waals surface area contributed by atoms with E-state index in [-0.39, 0.29) is 29.1 Å². The summed E-state index contributed by atoms with van der Waals surface area (Å²) >= 11 is 0. The van der Waals surface area contributed by atoms with Crippen molar-refractivity contribution < 1.29 is 27.4 Å². The maximum absolute atomic E-state index is 14.6. The van der Waals surface area contributed by atoms with Gasteiger partial charge in [0.2, 0.25) is 0 Å². The van der Waals surface area contributed by atoms with Gasteiger partial charge in [-0.1, -0.05) is 52.3 Å². The third kappa shape index (κ3) is 11.5. The van der Waals surface area contributed by atoms with Crippen LogP contribution in [0.3, 0.4) is 0 Å². The van der Waals surface area contributed by atoms with Crippen molar-refractivity contribution in [1.29, 1.82) is 0 Å². The molecule has 3 atom stereocenters.